The Bertz CT molecular complexity index is 1170. The Labute approximate surface area is 183 Å². The lowest BCUT2D eigenvalue weighted by molar-refractivity contribution is -0.137. The molecule has 0 aromatic heterocycles. The van der Waals surface area contributed by atoms with Crippen molar-refractivity contribution >= 4 is 33.0 Å². The molecule has 2 heterocycles. The number of alkyl halides is 3. The second kappa shape index (κ2) is 7.72. The van der Waals surface area contributed by atoms with Crippen LogP contribution in [0.1, 0.15) is 30.9 Å². The lowest BCUT2D eigenvalue weighted by Crippen LogP contribution is -2.44. The van der Waals surface area contributed by atoms with Crippen molar-refractivity contribution in [3.05, 3.63) is 64.7 Å². The van der Waals surface area contributed by atoms with Crippen molar-refractivity contribution in [1.29, 1.82) is 0 Å². The van der Waals surface area contributed by atoms with Gasteiger partial charge in [0, 0.05) is 36.5 Å². The lowest BCUT2D eigenvalue weighted by Gasteiger charge is -2.34. The van der Waals surface area contributed by atoms with Crippen LogP contribution in [0.5, 0.6) is 0 Å². The average molecular weight is 470 g/mol. The zero-order chi connectivity index (χ0) is 22.4. The van der Waals surface area contributed by atoms with E-state index in [2.05, 4.69) is 9.98 Å². The quantitative estimate of drug-likeness (QED) is 0.648. The molecule has 4 rings (SSSR count). The molecule has 2 aliphatic rings. The molecular weight excluding hydrogens is 451 g/mol. The number of piperidine rings is 1. The normalized spacial score (nSPS) is 19.4. The van der Waals surface area contributed by atoms with Gasteiger partial charge in [-0.05, 0) is 43.3 Å². The molecule has 0 N–H and O–H groups in total. The van der Waals surface area contributed by atoms with Crippen LogP contribution in [-0.2, 0) is 16.2 Å². The highest BCUT2D eigenvalue weighted by molar-refractivity contribution is 7.89. The van der Waals surface area contributed by atoms with Crippen LogP contribution in [0.3, 0.4) is 0 Å². The van der Waals surface area contributed by atoms with Crippen LogP contribution < -0.4 is 0 Å². The van der Waals surface area contributed by atoms with E-state index >= 15 is 0 Å². The SMILES string of the molecule is CC1=NC2(CCN(S(=O)(=O)c3ccc(Cl)cc3)CC2)N=C1c1cccc(C(F)(F)F)c1. The molecule has 1 spiro atoms. The van der Waals surface area contributed by atoms with E-state index in [4.69, 9.17) is 11.6 Å². The Morgan fingerprint density at radius 2 is 1.68 bits per heavy atom. The van der Waals surface area contributed by atoms with E-state index in [1.54, 1.807) is 13.0 Å². The summed E-state index contributed by atoms with van der Waals surface area (Å²) >= 11 is 5.84. The minimum Gasteiger partial charge on any atom is -0.258 e. The van der Waals surface area contributed by atoms with Gasteiger partial charge < -0.3 is 0 Å². The number of aliphatic imine (C=N–C) groups is 2. The van der Waals surface area contributed by atoms with Gasteiger partial charge in [0.25, 0.3) is 0 Å². The van der Waals surface area contributed by atoms with Gasteiger partial charge in [0.05, 0.1) is 21.9 Å². The third kappa shape index (κ3) is 4.26. The summed E-state index contributed by atoms with van der Waals surface area (Å²) in [5, 5.41) is 0.448. The second-order valence-electron chi connectivity index (χ2n) is 7.58. The zero-order valence-corrected chi connectivity index (χ0v) is 18.1. The van der Waals surface area contributed by atoms with E-state index in [0.717, 1.165) is 12.1 Å². The molecule has 164 valence electrons. The number of hydrogen-bond acceptors (Lipinski definition) is 4. The standard InChI is InChI=1S/C21H19ClF3N3O2S/c1-14-19(15-3-2-4-16(13-15)21(23,24)25)27-20(26-14)9-11-28(12-10-20)31(29,30)18-7-5-17(22)6-8-18/h2-8,13H,9-12H2,1H3. The maximum atomic E-state index is 13.1. The Morgan fingerprint density at radius 1 is 1.03 bits per heavy atom. The molecular formula is C21H19ClF3N3O2S. The summed E-state index contributed by atoms with van der Waals surface area (Å²) in [5.41, 5.74) is -0.275. The number of nitrogens with zero attached hydrogens (tertiary/aromatic N) is 3. The third-order valence-electron chi connectivity index (χ3n) is 5.48. The summed E-state index contributed by atoms with van der Waals surface area (Å²) in [6, 6.07) is 11.0. The van der Waals surface area contributed by atoms with Gasteiger partial charge in [-0.2, -0.15) is 17.5 Å². The number of hydrogen-bond donors (Lipinski definition) is 0. The molecule has 2 aromatic carbocycles. The molecule has 2 aromatic rings. The van der Waals surface area contributed by atoms with Gasteiger partial charge in [-0.1, -0.05) is 23.7 Å². The summed E-state index contributed by atoms with van der Waals surface area (Å²) in [6.45, 7) is 2.13. The molecule has 0 atom stereocenters. The number of halogens is 4. The first-order valence-electron chi connectivity index (χ1n) is 9.60. The van der Waals surface area contributed by atoms with Crippen LogP contribution in [0.4, 0.5) is 13.2 Å². The fourth-order valence-corrected chi connectivity index (χ4v) is 5.43. The van der Waals surface area contributed by atoms with E-state index in [9.17, 15) is 21.6 Å². The van der Waals surface area contributed by atoms with Crippen LogP contribution in [0, 0.1) is 0 Å². The van der Waals surface area contributed by atoms with Gasteiger partial charge in [0.15, 0.2) is 5.66 Å². The molecule has 0 unspecified atom stereocenters. The van der Waals surface area contributed by atoms with Crippen molar-refractivity contribution in [3.63, 3.8) is 0 Å². The summed E-state index contributed by atoms with van der Waals surface area (Å²) in [7, 11) is -3.67. The smallest absolute Gasteiger partial charge is 0.258 e. The van der Waals surface area contributed by atoms with Crippen molar-refractivity contribution in [2.75, 3.05) is 13.1 Å². The van der Waals surface area contributed by atoms with Gasteiger partial charge in [-0.3, -0.25) is 9.98 Å². The summed E-state index contributed by atoms with van der Waals surface area (Å²) in [4.78, 5) is 9.44. The van der Waals surface area contributed by atoms with Crippen molar-refractivity contribution in [2.24, 2.45) is 9.98 Å². The average Bonchev–Trinajstić information content (AvgIpc) is 3.04. The van der Waals surface area contributed by atoms with Crippen molar-refractivity contribution in [1.82, 2.24) is 4.31 Å². The Morgan fingerprint density at radius 3 is 2.29 bits per heavy atom. The molecule has 10 heteroatoms. The monoisotopic (exact) mass is 469 g/mol. The first kappa shape index (κ1) is 22.0. The minimum absolute atomic E-state index is 0.159. The molecule has 1 fully saturated rings. The van der Waals surface area contributed by atoms with E-state index in [1.165, 1.54) is 34.6 Å². The highest BCUT2D eigenvalue weighted by atomic mass is 35.5. The molecule has 2 aliphatic heterocycles. The maximum absolute atomic E-state index is 13.1. The minimum atomic E-state index is -4.45. The van der Waals surface area contributed by atoms with Crippen molar-refractivity contribution in [3.8, 4) is 0 Å². The van der Waals surface area contributed by atoms with Crippen LogP contribution in [0.25, 0.3) is 0 Å². The summed E-state index contributed by atoms with van der Waals surface area (Å²) in [6.07, 6.45) is -3.75. The van der Waals surface area contributed by atoms with Crippen LogP contribution in [0.15, 0.2) is 63.4 Å². The van der Waals surface area contributed by atoms with Crippen molar-refractivity contribution < 1.29 is 21.6 Å². The fourth-order valence-electron chi connectivity index (χ4n) is 3.86. The molecule has 0 aliphatic carbocycles. The fraction of sp³-hybridized carbons (Fsp3) is 0.333. The third-order valence-corrected chi connectivity index (χ3v) is 7.64. The molecule has 1 saturated heterocycles. The van der Waals surface area contributed by atoms with Gasteiger partial charge in [0.2, 0.25) is 10.0 Å². The van der Waals surface area contributed by atoms with Crippen molar-refractivity contribution in [2.45, 2.75) is 36.5 Å². The lowest BCUT2D eigenvalue weighted by atomic mass is 10.00. The number of rotatable bonds is 3. The van der Waals surface area contributed by atoms with E-state index in [0.29, 0.717) is 34.9 Å². The molecule has 0 bridgehead atoms. The molecule has 5 nitrogen and oxygen atoms in total. The van der Waals surface area contributed by atoms with E-state index in [-0.39, 0.29) is 18.0 Å². The van der Waals surface area contributed by atoms with Crippen LogP contribution in [-0.4, -0.2) is 42.9 Å². The molecule has 31 heavy (non-hydrogen) atoms. The van der Waals surface area contributed by atoms with Gasteiger partial charge >= 0.3 is 6.18 Å². The number of benzene rings is 2. The summed E-state index contributed by atoms with van der Waals surface area (Å²) in [5.74, 6) is 0. The summed E-state index contributed by atoms with van der Waals surface area (Å²) < 4.78 is 66.4. The second-order valence-corrected chi connectivity index (χ2v) is 9.95. The Kier molecular flexibility index (Phi) is 5.47. The van der Waals surface area contributed by atoms with Gasteiger partial charge in [0.1, 0.15) is 0 Å². The predicted octanol–water partition coefficient (Wildman–Crippen LogP) is 4.80. The zero-order valence-electron chi connectivity index (χ0n) is 16.5. The maximum Gasteiger partial charge on any atom is 0.416 e. The Hall–Kier alpha value is -2.23. The van der Waals surface area contributed by atoms with Crippen LogP contribution in [0.2, 0.25) is 5.02 Å². The Balaban J connectivity index is 1.55. The molecule has 0 radical (unpaired) electrons. The first-order valence-corrected chi connectivity index (χ1v) is 11.4. The molecule has 0 amide bonds. The van der Waals surface area contributed by atoms with Gasteiger partial charge in [-0.25, -0.2) is 8.42 Å². The van der Waals surface area contributed by atoms with E-state index in [1.807, 2.05) is 0 Å². The predicted molar refractivity (Wildman–Crippen MR) is 113 cm³/mol. The van der Waals surface area contributed by atoms with E-state index < -0.39 is 27.4 Å². The first-order chi connectivity index (χ1) is 14.5. The van der Waals surface area contributed by atoms with Crippen LogP contribution >= 0.6 is 11.6 Å². The topological polar surface area (TPSA) is 62.1 Å². The molecule has 0 saturated carbocycles. The van der Waals surface area contributed by atoms with Gasteiger partial charge in [-0.15, -0.1) is 0 Å². The largest absolute Gasteiger partial charge is 0.416 e. The number of sulfonamides is 1. The highest BCUT2D eigenvalue weighted by Gasteiger charge is 2.41. The highest BCUT2D eigenvalue weighted by Crippen LogP contribution is 2.36.